The van der Waals surface area contributed by atoms with E-state index in [1.807, 2.05) is 36.4 Å². The van der Waals surface area contributed by atoms with Gasteiger partial charge >= 0.3 is 0 Å². The summed E-state index contributed by atoms with van der Waals surface area (Å²) in [7, 11) is 0. The lowest BCUT2D eigenvalue weighted by molar-refractivity contribution is 0.317. The minimum absolute atomic E-state index is 0.585. The van der Waals surface area contributed by atoms with Crippen molar-refractivity contribution in [3.05, 3.63) is 42.1 Å². The summed E-state index contributed by atoms with van der Waals surface area (Å²) in [5.41, 5.74) is 2.56. The molecule has 2 rings (SSSR count). The summed E-state index contributed by atoms with van der Waals surface area (Å²) in [6, 6.07) is 11.9. The van der Waals surface area contributed by atoms with Gasteiger partial charge in [0.1, 0.15) is 0 Å². The highest BCUT2D eigenvalue weighted by Gasteiger charge is 1.99. The predicted molar refractivity (Wildman–Crippen MR) is 60.3 cm³/mol. The van der Waals surface area contributed by atoms with Crippen molar-refractivity contribution in [2.75, 3.05) is 0 Å². The summed E-state index contributed by atoms with van der Waals surface area (Å²) in [6.45, 7) is 1.77. The molecule has 3 nitrogen and oxygen atoms in total. The monoisotopic (exact) mass is 200 g/mol. The Labute approximate surface area is 88.1 Å². The second-order valence-corrected chi connectivity index (χ2v) is 3.51. The minimum Gasteiger partial charge on any atom is -0.411 e. The molecule has 1 aromatic carbocycles. The first-order valence-electron chi connectivity index (χ1n) is 4.82. The summed E-state index contributed by atoms with van der Waals surface area (Å²) in [6.07, 6.45) is 0.585. The zero-order valence-corrected chi connectivity index (χ0v) is 8.51. The SMILES string of the molecule is C/C(Cc1ccc2ccccc2n1)=N\O. The molecular weight excluding hydrogens is 188 g/mol. The maximum absolute atomic E-state index is 8.57. The van der Waals surface area contributed by atoms with Crippen LogP contribution in [0.5, 0.6) is 0 Å². The molecule has 0 saturated carbocycles. The smallest absolute Gasteiger partial charge is 0.0705 e. The summed E-state index contributed by atoms with van der Waals surface area (Å²) >= 11 is 0. The van der Waals surface area contributed by atoms with Crippen LogP contribution in [0.2, 0.25) is 0 Å². The highest BCUT2D eigenvalue weighted by molar-refractivity contribution is 5.84. The highest BCUT2D eigenvalue weighted by atomic mass is 16.4. The fourth-order valence-corrected chi connectivity index (χ4v) is 1.50. The van der Waals surface area contributed by atoms with Crippen LogP contribution in [0.1, 0.15) is 12.6 Å². The molecule has 1 aromatic heterocycles. The Kier molecular flexibility index (Phi) is 2.63. The van der Waals surface area contributed by atoms with E-state index in [4.69, 9.17) is 5.21 Å². The molecule has 0 atom stereocenters. The van der Waals surface area contributed by atoms with E-state index in [9.17, 15) is 0 Å². The molecule has 0 spiro atoms. The van der Waals surface area contributed by atoms with Crippen molar-refractivity contribution < 1.29 is 5.21 Å². The van der Waals surface area contributed by atoms with Gasteiger partial charge in [-0.1, -0.05) is 29.4 Å². The molecule has 0 radical (unpaired) electrons. The number of rotatable bonds is 2. The van der Waals surface area contributed by atoms with Crippen molar-refractivity contribution in [2.45, 2.75) is 13.3 Å². The van der Waals surface area contributed by atoms with E-state index in [-0.39, 0.29) is 0 Å². The first-order chi connectivity index (χ1) is 7.29. The van der Waals surface area contributed by atoms with Crippen LogP contribution in [-0.2, 0) is 6.42 Å². The average molecular weight is 200 g/mol. The van der Waals surface area contributed by atoms with Gasteiger partial charge in [-0.3, -0.25) is 4.98 Å². The minimum atomic E-state index is 0.585. The van der Waals surface area contributed by atoms with E-state index < -0.39 is 0 Å². The van der Waals surface area contributed by atoms with Gasteiger partial charge in [0.2, 0.25) is 0 Å². The Morgan fingerprint density at radius 1 is 1.27 bits per heavy atom. The fourth-order valence-electron chi connectivity index (χ4n) is 1.50. The van der Waals surface area contributed by atoms with Crippen molar-refractivity contribution >= 4 is 16.6 Å². The molecule has 1 heterocycles. The van der Waals surface area contributed by atoms with Crippen LogP contribution in [0.4, 0.5) is 0 Å². The second kappa shape index (κ2) is 4.09. The van der Waals surface area contributed by atoms with Gasteiger partial charge in [0.15, 0.2) is 0 Å². The standard InChI is InChI=1S/C12H12N2O/c1-9(14-15)8-11-7-6-10-4-2-3-5-12(10)13-11/h2-7,15H,8H2,1H3/b14-9+. The number of hydrogen-bond donors (Lipinski definition) is 1. The molecule has 0 fully saturated rings. The second-order valence-electron chi connectivity index (χ2n) is 3.51. The molecule has 0 aliphatic rings. The third kappa shape index (κ3) is 2.13. The van der Waals surface area contributed by atoms with Crippen molar-refractivity contribution in [3.63, 3.8) is 0 Å². The molecule has 15 heavy (non-hydrogen) atoms. The third-order valence-electron chi connectivity index (χ3n) is 2.26. The van der Waals surface area contributed by atoms with Crippen LogP contribution in [0, 0.1) is 0 Å². The van der Waals surface area contributed by atoms with Crippen molar-refractivity contribution in [2.24, 2.45) is 5.16 Å². The normalized spacial score (nSPS) is 11.9. The summed E-state index contributed by atoms with van der Waals surface area (Å²) in [5.74, 6) is 0. The zero-order chi connectivity index (χ0) is 10.7. The molecule has 0 unspecified atom stereocenters. The van der Waals surface area contributed by atoms with Crippen LogP contribution < -0.4 is 0 Å². The van der Waals surface area contributed by atoms with Gasteiger partial charge in [-0.15, -0.1) is 0 Å². The molecule has 0 amide bonds. The topological polar surface area (TPSA) is 45.5 Å². The number of pyridine rings is 1. The molecule has 0 saturated heterocycles. The van der Waals surface area contributed by atoms with Gasteiger partial charge in [-0.05, 0) is 19.1 Å². The van der Waals surface area contributed by atoms with Crippen molar-refractivity contribution in [1.82, 2.24) is 4.98 Å². The van der Waals surface area contributed by atoms with E-state index in [2.05, 4.69) is 10.1 Å². The zero-order valence-electron chi connectivity index (χ0n) is 8.51. The van der Waals surface area contributed by atoms with E-state index in [1.165, 1.54) is 0 Å². The number of para-hydroxylation sites is 1. The number of nitrogens with zero attached hydrogens (tertiary/aromatic N) is 2. The quantitative estimate of drug-likeness (QED) is 0.460. The van der Waals surface area contributed by atoms with Gasteiger partial charge < -0.3 is 5.21 Å². The summed E-state index contributed by atoms with van der Waals surface area (Å²) in [5, 5.41) is 12.8. The Morgan fingerprint density at radius 3 is 2.87 bits per heavy atom. The first-order valence-corrected chi connectivity index (χ1v) is 4.82. The first kappa shape index (κ1) is 9.65. The van der Waals surface area contributed by atoms with Crippen LogP contribution in [0.25, 0.3) is 10.9 Å². The molecule has 0 aliphatic carbocycles. The lowest BCUT2D eigenvalue weighted by Gasteiger charge is -2.01. The predicted octanol–water partition coefficient (Wildman–Crippen LogP) is 2.63. The lowest BCUT2D eigenvalue weighted by atomic mass is 10.1. The lowest BCUT2D eigenvalue weighted by Crippen LogP contribution is -1.99. The Balaban J connectivity index is 2.39. The average Bonchev–Trinajstić information content (AvgIpc) is 2.29. The molecule has 0 aliphatic heterocycles. The Morgan fingerprint density at radius 2 is 2.07 bits per heavy atom. The van der Waals surface area contributed by atoms with Crippen LogP contribution in [0.3, 0.4) is 0 Å². The largest absolute Gasteiger partial charge is 0.411 e. The number of oxime groups is 1. The molecule has 0 bridgehead atoms. The molecule has 3 heteroatoms. The maximum Gasteiger partial charge on any atom is 0.0705 e. The van der Waals surface area contributed by atoms with Gasteiger partial charge in [-0.2, -0.15) is 0 Å². The Hall–Kier alpha value is -1.90. The summed E-state index contributed by atoms with van der Waals surface area (Å²) < 4.78 is 0. The highest BCUT2D eigenvalue weighted by Crippen LogP contribution is 2.12. The van der Waals surface area contributed by atoms with Crippen LogP contribution >= 0.6 is 0 Å². The van der Waals surface area contributed by atoms with Crippen LogP contribution in [-0.4, -0.2) is 15.9 Å². The fraction of sp³-hybridized carbons (Fsp3) is 0.167. The van der Waals surface area contributed by atoms with Crippen LogP contribution in [0.15, 0.2) is 41.6 Å². The number of fused-ring (bicyclic) bond motifs is 1. The van der Waals surface area contributed by atoms with Crippen molar-refractivity contribution in [1.29, 1.82) is 0 Å². The summed E-state index contributed by atoms with van der Waals surface area (Å²) in [4.78, 5) is 4.47. The number of aromatic nitrogens is 1. The van der Waals surface area contributed by atoms with E-state index in [0.29, 0.717) is 12.1 Å². The van der Waals surface area contributed by atoms with Gasteiger partial charge in [0.05, 0.1) is 11.2 Å². The van der Waals surface area contributed by atoms with E-state index in [1.54, 1.807) is 6.92 Å². The number of benzene rings is 1. The van der Waals surface area contributed by atoms with Crippen molar-refractivity contribution in [3.8, 4) is 0 Å². The van der Waals surface area contributed by atoms with E-state index >= 15 is 0 Å². The third-order valence-corrected chi connectivity index (χ3v) is 2.26. The Bertz CT molecular complexity index is 506. The molecular formula is C12H12N2O. The van der Waals surface area contributed by atoms with E-state index in [0.717, 1.165) is 16.6 Å². The number of hydrogen-bond acceptors (Lipinski definition) is 3. The molecule has 76 valence electrons. The molecule has 1 N–H and O–H groups in total. The van der Waals surface area contributed by atoms with Gasteiger partial charge in [0, 0.05) is 17.5 Å². The maximum atomic E-state index is 8.57. The van der Waals surface area contributed by atoms with Gasteiger partial charge in [0.25, 0.3) is 0 Å². The molecule has 2 aromatic rings. The van der Waals surface area contributed by atoms with Gasteiger partial charge in [-0.25, -0.2) is 0 Å².